The molecule has 0 aliphatic carbocycles. The lowest BCUT2D eigenvalue weighted by Crippen LogP contribution is -2.46. The third-order valence-corrected chi connectivity index (χ3v) is 9.02. The summed E-state index contributed by atoms with van der Waals surface area (Å²) in [6, 6.07) is 2.83. The number of primary amides is 1. The van der Waals surface area contributed by atoms with Crippen LogP contribution in [0.1, 0.15) is 35.4 Å². The van der Waals surface area contributed by atoms with Crippen LogP contribution in [-0.2, 0) is 34.2 Å². The molecular formula is C21H31N6O15P2+. The van der Waals surface area contributed by atoms with Crippen LogP contribution in [0, 0.1) is 0 Å². The molecule has 9 N–H and O–H groups in total. The minimum Gasteiger partial charge on any atom is -0.603 e. The molecule has 2 aliphatic heterocycles. The second-order valence-corrected chi connectivity index (χ2v) is 12.8. The van der Waals surface area contributed by atoms with Gasteiger partial charge in [0.05, 0.1) is 12.7 Å². The van der Waals surface area contributed by atoms with Gasteiger partial charge in [0.15, 0.2) is 24.7 Å². The van der Waals surface area contributed by atoms with Gasteiger partial charge in [0.1, 0.15) is 55.0 Å². The predicted octanol–water partition coefficient (Wildman–Crippen LogP) is -5.65. The standard InChI is InChI=1S/C21H30N6O15P2/c1-10(28)23-5-12-7-27(25-24-12)21-18(32)16(30)14(41-21)9-39-44(36,37)42-43(34,35)38-8-13-15(29)17(31)20(40-13)26-4-2-3-11(6-26)19(22)33/h2-4,6-7,13-18,20-21,29-32H,5,8-9H2,1H3,(H4-,22,23,28,33,34,35,36,37)/p+1/t13-,14+,15-,16+,17-,18+,20-,21+/m1/s1. The minimum absolute atomic E-state index is 0.0261. The largest absolute Gasteiger partial charge is 0.603 e. The van der Waals surface area contributed by atoms with E-state index in [2.05, 4.69) is 29.0 Å². The molecule has 4 heterocycles. The minimum atomic E-state index is -5.37. The maximum Gasteiger partial charge on any atom is 0.434 e. The zero-order valence-corrected chi connectivity index (χ0v) is 24.5. The summed E-state index contributed by atoms with van der Waals surface area (Å²) < 4.78 is 26.8. The summed E-state index contributed by atoms with van der Waals surface area (Å²) in [4.78, 5) is 67.2. The Morgan fingerprint density at radius 3 is 2.30 bits per heavy atom. The van der Waals surface area contributed by atoms with Crippen molar-refractivity contribution in [2.75, 3.05) is 13.2 Å². The molecule has 2 unspecified atom stereocenters. The highest BCUT2D eigenvalue weighted by Gasteiger charge is 2.53. The topological polar surface area (TPSA) is 320 Å². The molecule has 2 aromatic rings. The van der Waals surface area contributed by atoms with Crippen LogP contribution in [-0.4, -0.2) is 107 Å². The van der Waals surface area contributed by atoms with Crippen LogP contribution in [0.5, 0.6) is 0 Å². The predicted molar refractivity (Wildman–Crippen MR) is 136 cm³/mol. The van der Waals surface area contributed by atoms with Crippen molar-refractivity contribution in [1.82, 2.24) is 20.3 Å². The Labute approximate surface area is 249 Å². The number of rotatable bonds is 13. The van der Waals surface area contributed by atoms with E-state index in [4.69, 9.17) is 15.2 Å². The van der Waals surface area contributed by atoms with Crippen LogP contribution in [0.4, 0.5) is 0 Å². The van der Waals surface area contributed by atoms with Crippen molar-refractivity contribution < 1.29 is 77.0 Å². The summed E-state index contributed by atoms with van der Waals surface area (Å²) in [5.74, 6) is -1.09. The first kappa shape index (κ1) is 34.4. The van der Waals surface area contributed by atoms with Crippen molar-refractivity contribution in [1.29, 1.82) is 0 Å². The lowest BCUT2D eigenvalue weighted by Gasteiger charge is -2.25. The second kappa shape index (κ2) is 13.9. The molecule has 2 aromatic heterocycles. The second-order valence-electron chi connectivity index (χ2n) is 9.71. The van der Waals surface area contributed by atoms with Gasteiger partial charge in [-0.05, 0) is 6.07 Å². The van der Waals surface area contributed by atoms with Crippen LogP contribution < -0.4 is 25.4 Å². The van der Waals surface area contributed by atoms with Crippen LogP contribution in [0.3, 0.4) is 0 Å². The molecule has 44 heavy (non-hydrogen) atoms. The van der Waals surface area contributed by atoms with Crippen LogP contribution in [0.15, 0.2) is 30.7 Å². The van der Waals surface area contributed by atoms with E-state index in [0.29, 0.717) is 5.69 Å². The van der Waals surface area contributed by atoms with Gasteiger partial charge in [0.2, 0.25) is 5.91 Å². The van der Waals surface area contributed by atoms with Gasteiger partial charge in [-0.15, -0.1) is 5.10 Å². The zero-order chi connectivity index (χ0) is 32.4. The lowest BCUT2D eigenvalue weighted by molar-refractivity contribution is -0.765. The molecule has 244 valence electrons. The Morgan fingerprint density at radius 2 is 1.68 bits per heavy atom. The van der Waals surface area contributed by atoms with E-state index in [1.165, 1.54) is 42.2 Å². The molecule has 0 aromatic carbocycles. The number of carbonyl (C=O) groups excluding carboxylic acids is 2. The average Bonchev–Trinajstić information content (AvgIpc) is 3.61. The van der Waals surface area contributed by atoms with Gasteiger partial charge < -0.3 is 50.7 Å². The number of phosphoric acid groups is 2. The van der Waals surface area contributed by atoms with E-state index in [-0.39, 0.29) is 18.0 Å². The maximum atomic E-state index is 12.4. The SMILES string of the molecule is CC(=O)NCc1cn([C@H]2O[C@@H](CO[P+]([O-])(O)O[P+]([O-])(O)OC[C@H]3O[C@@H]([n+]4cccc(C(N)=O)c4)[C@H](O)[C@@H]3O)[C@H](O)[C@@H]2O)nn1. The molecule has 2 fully saturated rings. The molecule has 10 atom stereocenters. The number of nitrogens with one attached hydrogen (secondary N) is 1. The summed E-state index contributed by atoms with van der Waals surface area (Å²) in [5, 5.41) is 51.4. The van der Waals surface area contributed by atoms with Crippen molar-refractivity contribution in [3.8, 4) is 0 Å². The average molecular weight is 669 g/mol. The molecule has 2 amide bonds. The van der Waals surface area contributed by atoms with Crippen molar-refractivity contribution in [2.45, 2.75) is 62.5 Å². The highest BCUT2D eigenvalue weighted by molar-refractivity contribution is 7.66. The fourth-order valence-electron chi connectivity index (χ4n) is 4.24. The molecule has 0 saturated carbocycles. The van der Waals surface area contributed by atoms with Crippen LogP contribution in [0.25, 0.3) is 0 Å². The third kappa shape index (κ3) is 8.43. The normalized spacial score (nSPS) is 31.4. The number of aliphatic hydroxyl groups excluding tert-OH is 4. The molecule has 23 heteroatoms. The third-order valence-electron chi connectivity index (χ3n) is 6.42. The summed E-state index contributed by atoms with van der Waals surface area (Å²) in [6.45, 7) is -0.489. The van der Waals surface area contributed by atoms with E-state index in [1.54, 1.807) is 0 Å². The number of ether oxygens (including phenoxy) is 2. The van der Waals surface area contributed by atoms with Gasteiger partial charge >= 0.3 is 16.3 Å². The molecule has 0 spiro atoms. The lowest BCUT2D eigenvalue weighted by atomic mass is 10.1. The van der Waals surface area contributed by atoms with Gasteiger partial charge in [-0.1, -0.05) is 5.21 Å². The van der Waals surface area contributed by atoms with Gasteiger partial charge in [0.25, 0.3) is 12.1 Å². The summed E-state index contributed by atoms with van der Waals surface area (Å²) in [7, 11) is -10.7. The number of aliphatic hydroxyl groups is 4. The molecule has 0 bridgehead atoms. The summed E-state index contributed by atoms with van der Waals surface area (Å²) >= 11 is 0. The van der Waals surface area contributed by atoms with Crippen molar-refractivity contribution in [3.63, 3.8) is 0 Å². The monoisotopic (exact) mass is 669 g/mol. The van der Waals surface area contributed by atoms with E-state index in [1.807, 2.05) is 0 Å². The van der Waals surface area contributed by atoms with E-state index >= 15 is 0 Å². The Bertz CT molecular complexity index is 1320. The van der Waals surface area contributed by atoms with Crippen molar-refractivity contribution in [2.24, 2.45) is 5.73 Å². The number of hydrogen-bond acceptors (Lipinski definition) is 17. The van der Waals surface area contributed by atoms with Gasteiger partial charge in [-0.25, -0.2) is 4.68 Å². The van der Waals surface area contributed by atoms with Crippen molar-refractivity contribution >= 4 is 28.2 Å². The highest BCUT2D eigenvalue weighted by Crippen LogP contribution is 2.65. The van der Waals surface area contributed by atoms with Crippen molar-refractivity contribution in [3.05, 3.63) is 42.0 Å². The smallest absolute Gasteiger partial charge is 0.434 e. The van der Waals surface area contributed by atoms with E-state index < -0.39 is 84.5 Å². The van der Waals surface area contributed by atoms with E-state index in [0.717, 1.165) is 4.68 Å². The quantitative estimate of drug-likeness (QED) is 0.0728. The number of carbonyl (C=O) groups is 2. The number of amides is 2. The fourth-order valence-corrected chi connectivity index (χ4v) is 6.33. The first-order chi connectivity index (χ1) is 20.6. The Hall–Kier alpha value is -2.43. The summed E-state index contributed by atoms with van der Waals surface area (Å²) in [5.41, 5.74) is 5.60. The molecule has 4 rings (SSSR count). The fraction of sp³-hybridized carbons (Fsp3) is 0.571. The van der Waals surface area contributed by atoms with E-state index in [9.17, 15) is 49.6 Å². The number of hydrogen-bond donors (Lipinski definition) is 8. The maximum absolute atomic E-state index is 12.4. The van der Waals surface area contributed by atoms with Gasteiger partial charge in [-0.2, -0.15) is 23.4 Å². The number of aromatic nitrogens is 4. The number of phosphoric ester groups is 2. The molecular weight excluding hydrogens is 638 g/mol. The molecule has 2 aliphatic rings. The molecule has 21 nitrogen and oxygen atoms in total. The van der Waals surface area contributed by atoms with Gasteiger partial charge in [0, 0.05) is 17.3 Å². The molecule has 2 saturated heterocycles. The first-order valence-electron chi connectivity index (χ1n) is 12.7. The van der Waals surface area contributed by atoms with Crippen LogP contribution in [0.2, 0.25) is 0 Å². The Morgan fingerprint density at radius 1 is 1.07 bits per heavy atom. The summed E-state index contributed by atoms with van der Waals surface area (Å²) in [6.07, 6.45) is -7.97. The highest BCUT2D eigenvalue weighted by atomic mass is 31.3. The Kier molecular flexibility index (Phi) is 10.9. The number of pyridine rings is 1. The number of nitrogens with zero attached hydrogens (tertiary/aromatic N) is 4. The Balaban J connectivity index is 1.28. The first-order valence-corrected chi connectivity index (χ1v) is 15.7. The zero-order valence-electron chi connectivity index (χ0n) is 22.7. The van der Waals surface area contributed by atoms with Crippen LogP contribution >= 0.6 is 16.3 Å². The number of nitrogens with two attached hydrogens (primary N) is 1. The van der Waals surface area contributed by atoms with Gasteiger partial charge in [-0.3, -0.25) is 9.59 Å². The molecule has 0 radical (unpaired) electrons.